The lowest BCUT2D eigenvalue weighted by Crippen LogP contribution is -1.99. The van der Waals surface area contributed by atoms with Crippen molar-refractivity contribution in [1.29, 1.82) is 0 Å². The molecule has 2 nitrogen and oxygen atoms in total. The molecular weight excluding hydrogens is 172 g/mol. The number of methoxy groups -OCH3 is 1. The van der Waals surface area contributed by atoms with E-state index in [1.807, 2.05) is 0 Å². The first-order chi connectivity index (χ1) is 3.72. The molecule has 0 fully saturated rings. The van der Waals surface area contributed by atoms with Gasteiger partial charge in [-0.15, -0.1) is 0 Å². The molecule has 0 aliphatic rings. The molecule has 46 valence electrons. The van der Waals surface area contributed by atoms with Gasteiger partial charge < -0.3 is 4.74 Å². The van der Waals surface area contributed by atoms with Gasteiger partial charge >= 0.3 is 5.97 Å². The summed E-state index contributed by atoms with van der Waals surface area (Å²) in [7, 11) is 1.35. The molecule has 0 saturated heterocycles. The summed E-state index contributed by atoms with van der Waals surface area (Å²) in [5.41, 5.74) is 0.563. The first-order valence-corrected chi connectivity index (χ1v) is 2.99. The van der Waals surface area contributed by atoms with Crippen molar-refractivity contribution in [2.24, 2.45) is 0 Å². The van der Waals surface area contributed by atoms with Gasteiger partial charge in [-0.25, -0.2) is 4.79 Å². The predicted molar refractivity (Wildman–Crippen MR) is 34.7 cm³/mol. The second-order valence-electron chi connectivity index (χ2n) is 1.28. The minimum Gasteiger partial charge on any atom is -0.466 e. The summed E-state index contributed by atoms with van der Waals surface area (Å²) in [4.78, 5) is 11.9. The van der Waals surface area contributed by atoms with Crippen LogP contribution in [0, 0.1) is 0 Å². The average molecular weight is 179 g/mol. The molecule has 0 heterocycles. The fraction of sp³-hybridized carbons (Fsp3) is 0.400. The lowest BCUT2D eigenvalue weighted by atomic mass is 10.4. The van der Waals surface area contributed by atoms with E-state index < -0.39 is 0 Å². The van der Waals surface area contributed by atoms with Crippen molar-refractivity contribution in [3.63, 3.8) is 0 Å². The Morgan fingerprint density at radius 1 is 1.75 bits per heavy atom. The maximum absolute atomic E-state index is 10.4. The summed E-state index contributed by atoms with van der Waals surface area (Å²) in [6, 6.07) is 0. The van der Waals surface area contributed by atoms with Crippen molar-refractivity contribution in [2.45, 2.75) is 6.92 Å². The van der Waals surface area contributed by atoms with Crippen LogP contribution in [0.3, 0.4) is 0 Å². The quantitative estimate of drug-likeness (QED) is 0.449. The Labute approximate surface area is 56.7 Å². The van der Waals surface area contributed by atoms with Crippen molar-refractivity contribution in [2.75, 3.05) is 7.11 Å². The van der Waals surface area contributed by atoms with Gasteiger partial charge in [0.2, 0.25) is 0 Å². The molecule has 0 aliphatic heterocycles. The standard InChI is InChI=1S/C5H7BrO2/c1-4(3-6)5(7)8-2/h3H,1-2H3. The van der Waals surface area contributed by atoms with Crippen LogP contribution in [-0.4, -0.2) is 13.1 Å². The summed E-state index contributed by atoms with van der Waals surface area (Å²) < 4.78 is 4.37. The number of carbonyl (C=O) groups is 1. The SMILES string of the molecule is COC(=O)C(C)=CBr. The van der Waals surface area contributed by atoms with E-state index in [1.165, 1.54) is 12.1 Å². The molecule has 0 spiro atoms. The Hall–Kier alpha value is -0.310. The fourth-order valence-corrected chi connectivity index (χ4v) is 0.392. The van der Waals surface area contributed by atoms with Crippen LogP contribution in [0.5, 0.6) is 0 Å². The minimum atomic E-state index is -0.304. The van der Waals surface area contributed by atoms with E-state index in [0.717, 1.165) is 0 Å². The number of rotatable bonds is 1. The Morgan fingerprint density at radius 2 is 2.25 bits per heavy atom. The van der Waals surface area contributed by atoms with Crippen LogP contribution in [0.2, 0.25) is 0 Å². The molecule has 0 aliphatic carbocycles. The van der Waals surface area contributed by atoms with Crippen LogP contribution in [0.1, 0.15) is 6.92 Å². The third kappa shape index (κ3) is 2.12. The van der Waals surface area contributed by atoms with Crippen molar-refractivity contribution < 1.29 is 9.53 Å². The van der Waals surface area contributed by atoms with Crippen LogP contribution in [-0.2, 0) is 9.53 Å². The summed E-state index contributed by atoms with van der Waals surface area (Å²) in [5.74, 6) is -0.304. The smallest absolute Gasteiger partial charge is 0.333 e. The molecule has 0 radical (unpaired) electrons. The number of carbonyl (C=O) groups excluding carboxylic acids is 1. The van der Waals surface area contributed by atoms with Gasteiger partial charge in [0.1, 0.15) is 0 Å². The van der Waals surface area contributed by atoms with Crippen molar-refractivity contribution in [3.8, 4) is 0 Å². The lowest BCUT2D eigenvalue weighted by Gasteiger charge is -1.93. The first kappa shape index (κ1) is 7.69. The highest BCUT2D eigenvalue weighted by Gasteiger charge is 1.98. The van der Waals surface area contributed by atoms with Gasteiger partial charge in [-0.2, -0.15) is 0 Å². The van der Waals surface area contributed by atoms with E-state index >= 15 is 0 Å². The first-order valence-electron chi connectivity index (χ1n) is 2.07. The Bertz CT molecular complexity index is 118. The fourth-order valence-electron chi connectivity index (χ4n) is 0.206. The average Bonchev–Trinajstić information content (AvgIpc) is 1.84. The molecule has 0 amide bonds. The molecule has 8 heavy (non-hydrogen) atoms. The van der Waals surface area contributed by atoms with E-state index in [4.69, 9.17) is 0 Å². The van der Waals surface area contributed by atoms with Crippen LogP contribution < -0.4 is 0 Å². The zero-order valence-electron chi connectivity index (χ0n) is 4.77. The summed E-state index contributed by atoms with van der Waals surface area (Å²) in [5, 5.41) is 0. The number of hydrogen-bond donors (Lipinski definition) is 0. The molecule has 0 unspecified atom stereocenters. The molecular formula is C5H7BrO2. The van der Waals surface area contributed by atoms with Gasteiger partial charge in [0.25, 0.3) is 0 Å². The second-order valence-corrected chi connectivity index (χ2v) is 1.74. The van der Waals surface area contributed by atoms with Crippen molar-refractivity contribution >= 4 is 21.9 Å². The van der Waals surface area contributed by atoms with Gasteiger partial charge in [-0.05, 0) is 11.9 Å². The van der Waals surface area contributed by atoms with Crippen LogP contribution in [0.25, 0.3) is 0 Å². The highest BCUT2D eigenvalue weighted by atomic mass is 79.9. The molecule has 0 bridgehead atoms. The van der Waals surface area contributed by atoms with E-state index in [1.54, 1.807) is 6.92 Å². The minimum absolute atomic E-state index is 0.304. The number of halogens is 1. The normalized spacial score (nSPS) is 11.1. The molecule has 0 saturated carbocycles. The largest absolute Gasteiger partial charge is 0.466 e. The third-order valence-corrected chi connectivity index (χ3v) is 1.36. The van der Waals surface area contributed by atoms with E-state index in [2.05, 4.69) is 20.7 Å². The summed E-state index contributed by atoms with van der Waals surface area (Å²) >= 11 is 2.99. The predicted octanol–water partition coefficient (Wildman–Crippen LogP) is 1.46. The Morgan fingerprint density at radius 3 is 2.38 bits per heavy atom. The zero-order chi connectivity index (χ0) is 6.57. The van der Waals surface area contributed by atoms with Gasteiger partial charge in [-0.1, -0.05) is 15.9 Å². The van der Waals surface area contributed by atoms with Gasteiger partial charge in [0.15, 0.2) is 0 Å². The van der Waals surface area contributed by atoms with Crippen LogP contribution in [0.15, 0.2) is 10.6 Å². The molecule has 0 aromatic heterocycles. The molecule has 0 N–H and O–H groups in total. The highest BCUT2D eigenvalue weighted by Crippen LogP contribution is 1.97. The Balaban J connectivity index is 3.83. The number of ether oxygens (including phenoxy) is 1. The van der Waals surface area contributed by atoms with Crippen molar-refractivity contribution in [3.05, 3.63) is 10.6 Å². The van der Waals surface area contributed by atoms with E-state index in [0.29, 0.717) is 5.57 Å². The third-order valence-electron chi connectivity index (χ3n) is 0.671. The van der Waals surface area contributed by atoms with E-state index in [9.17, 15) is 4.79 Å². The maximum atomic E-state index is 10.4. The Kier molecular flexibility index (Phi) is 3.52. The molecule has 0 aromatic rings. The van der Waals surface area contributed by atoms with Crippen LogP contribution in [0.4, 0.5) is 0 Å². The van der Waals surface area contributed by atoms with Gasteiger partial charge in [-0.3, -0.25) is 0 Å². The summed E-state index contributed by atoms with van der Waals surface area (Å²) in [6.07, 6.45) is 0. The molecule has 0 aromatic carbocycles. The van der Waals surface area contributed by atoms with Crippen molar-refractivity contribution in [1.82, 2.24) is 0 Å². The molecule has 0 rings (SSSR count). The van der Waals surface area contributed by atoms with Gasteiger partial charge in [0.05, 0.1) is 7.11 Å². The highest BCUT2D eigenvalue weighted by molar-refractivity contribution is 9.11. The van der Waals surface area contributed by atoms with Crippen LogP contribution >= 0.6 is 15.9 Å². The summed E-state index contributed by atoms with van der Waals surface area (Å²) in [6.45, 7) is 1.67. The second kappa shape index (κ2) is 3.66. The monoisotopic (exact) mass is 178 g/mol. The number of hydrogen-bond acceptors (Lipinski definition) is 2. The van der Waals surface area contributed by atoms with Gasteiger partial charge in [0, 0.05) is 5.57 Å². The molecule has 0 atom stereocenters. The molecule has 3 heteroatoms. The lowest BCUT2D eigenvalue weighted by molar-refractivity contribution is -0.136. The topological polar surface area (TPSA) is 26.3 Å². The maximum Gasteiger partial charge on any atom is 0.333 e. The van der Waals surface area contributed by atoms with E-state index in [-0.39, 0.29) is 5.97 Å². The number of esters is 1. The zero-order valence-corrected chi connectivity index (χ0v) is 6.36.